The molecule has 0 aliphatic heterocycles. The van der Waals surface area contributed by atoms with Crippen molar-refractivity contribution >= 4 is 11.4 Å². The van der Waals surface area contributed by atoms with Crippen LogP contribution in [0.4, 0.5) is 24.5 Å². The molecule has 20 heavy (non-hydrogen) atoms. The predicted octanol–water partition coefficient (Wildman–Crippen LogP) is 5.50. The summed E-state index contributed by atoms with van der Waals surface area (Å²) in [7, 11) is 1.74. The van der Waals surface area contributed by atoms with E-state index in [1.807, 2.05) is 44.2 Å². The maximum atomic E-state index is 12.6. The van der Waals surface area contributed by atoms with Crippen molar-refractivity contribution < 1.29 is 13.2 Å². The third-order valence-corrected chi connectivity index (χ3v) is 2.70. The lowest BCUT2D eigenvalue weighted by Crippen LogP contribution is -2.11. The summed E-state index contributed by atoms with van der Waals surface area (Å²) in [5.41, 5.74) is 0.718. The Kier molecular flexibility index (Phi) is 5.62. The minimum atomic E-state index is -4.31. The Morgan fingerprint density at radius 1 is 0.800 bits per heavy atom. The molecule has 1 nitrogen and oxygen atoms in total. The zero-order chi connectivity index (χ0) is 15.2. The Bertz CT molecular complexity index is 521. The van der Waals surface area contributed by atoms with Crippen molar-refractivity contribution in [2.45, 2.75) is 20.0 Å². The molecule has 108 valence electrons. The standard InChI is InChI=1S/C14H12F3N.C2H6/c1-18(12-7-3-2-4-8-12)13-9-5-6-11(10-13)14(15,16)17;1-2/h2-10H,1H3;1-2H3. The van der Waals surface area contributed by atoms with Crippen molar-refractivity contribution in [3.05, 3.63) is 60.2 Å². The number of nitrogens with zero attached hydrogens (tertiary/aromatic N) is 1. The second kappa shape index (κ2) is 6.98. The largest absolute Gasteiger partial charge is 0.416 e. The highest BCUT2D eigenvalue weighted by molar-refractivity contribution is 5.62. The van der Waals surface area contributed by atoms with Crippen LogP contribution in [-0.2, 0) is 6.18 Å². The summed E-state index contributed by atoms with van der Waals surface area (Å²) < 4.78 is 37.8. The van der Waals surface area contributed by atoms with Crippen LogP contribution in [-0.4, -0.2) is 7.05 Å². The molecule has 0 unspecified atom stereocenters. The summed E-state index contributed by atoms with van der Waals surface area (Å²) in [6.45, 7) is 4.00. The molecule has 0 N–H and O–H groups in total. The molecule has 0 aromatic heterocycles. The van der Waals surface area contributed by atoms with Crippen LogP contribution < -0.4 is 4.90 Å². The van der Waals surface area contributed by atoms with Crippen molar-refractivity contribution in [2.75, 3.05) is 11.9 Å². The van der Waals surface area contributed by atoms with Crippen LogP contribution in [0, 0.1) is 0 Å². The van der Waals surface area contributed by atoms with E-state index >= 15 is 0 Å². The molecule has 0 radical (unpaired) electrons. The van der Waals surface area contributed by atoms with Gasteiger partial charge in [0.2, 0.25) is 0 Å². The first-order valence-corrected chi connectivity index (χ1v) is 6.44. The van der Waals surface area contributed by atoms with E-state index < -0.39 is 11.7 Å². The molecule has 0 saturated carbocycles. The molecule has 0 aliphatic carbocycles. The molecule has 2 rings (SSSR count). The first-order chi connectivity index (χ1) is 9.48. The fourth-order valence-electron chi connectivity index (χ4n) is 1.69. The minimum absolute atomic E-state index is 0.510. The number of benzene rings is 2. The summed E-state index contributed by atoms with van der Waals surface area (Å²) in [5, 5.41) is 0. The fourth-order valence-corrected chi connectivity index (χ4v) is 1.69. The summed E-state index contributed by atoms with van der Waals surface area (Å²) in [6, 6.07) is 14.5. The zero-order valence-corrected chi connectivity index (χ0v) is 11.8. The normalized spacial score (nSPS) is 10.5. The molecule has 0 heterocycles. The molecular formula is C16H18F3N. The predicted molar refractivity (Wildman–Crippen MR) is 77.3 cm³/mol. The molecule has 0 saturated heterocycles. The number of hydrogen-bond donors (Lipinski definition) is 0. The van der Waals surface area contributed by atoms with Gasteiger partial charge in [-0.2, -0.15) is 13.2 Å². The van der Waals surface area contributed by atoms with Crippen molar-refractivity contribution in [2.24, 2.45) is 0 Å². The number of alkyl halides is 3. The Morgan fingerprint density at radius 2 is 1.35 bits per heavy atom. The van der Waals surface area contributed by atoms with Crippen LogP contribution in [0.15, 0.2) is 54.6 Å². The Morgan fingerprint density at radius 3 is 1.90 bits per heavy atom. The topological polar surface area (TPSA) is 3.24 Å². The van der Waals surface area contributed by atoms with E-state index in [9.17, 15) is 13.2 Å². The second-order valence-electron chi connectivity index (χ2n) is 3.94. The third kappa shape index (κ3) is 4.02. The van der Waals surface area contributed by atoms with Gasteiger partial charge in [0.25, 0.3) is 0 Å². The lowest BCUT2D eigenvalue weighted by atomic mass is 10.1. The van der Waals surface area contributed by atoms with Gasteiger partial charge in [-0.3, -0.25) is 0 Å². The summed E-state index contributed by atoms with van der Waals surface area (Å²) in [4.78, 5) is 1.72. The number of hydrogen-bond acceptors (Lipinski definition) is 1. The highest BCUT2D eigenvalue weighted by atomic mass is 19.4. The quantitative estimate of drug-likeness (QED) is 0.702. The van der Waals surface area contributed by atoms with E-state index in [2.05, 4.69) is 0 Å². The van der Waals surface area contributed by atoms with Crippen LogP contribution in [0.3, 0.4) is 0 Å². The monoisotopic (exact) mass is 281 g/mol. The number of halogens is 3. The molecule has 4 heteroatoms. The van der Waals surface area contributed by atoms with Crippen LogP contribution in [0.25, 0.3) is 0 Å². The summed E-state index contributed by atoms with van der Waals surface area (Å²) >= 11 is 0. The van der Waals surface area contributed by atoms with Crippen LogP contribution in [0.1, 0.15) is 19.4 Å². The summed E-state index contributed by atoms with van der Waals surface area (Å²) in [6.07, 6.45) is -4.31. The Hall–Kier alpha value is -1.97. The molecule has 2 aromatic carbocycles. The molecule has 0 amide bonds. The maximum Gasteiger partial charge on any atom is 0.416 e. The second-order valence-corrected chi connectivity index (χ2v) is 3.94. The third-order valence-electron chi connectivity index (χ3n) is 2.70. The lowest BCUT2D eigenvalue weighted by Gasteiger charge is -2.20. The molecule has 0 aliphatic rings. The first-order valence-electron chi connectivity index (χ1n) is 6.44. The van der Waals surface area contributed by atoms with Crippen molar-refractivity contribution in [1.29, 1.82) is 0 Å². The fraction of sp³-hybridized carbons (Fsp3) is 0.250. The van der Waals surface area contributed by atoms with Gasteiger partial charge in [0.15, 0.2) is 0 Å². The van der Waals surface area contributed by atoms with Gasteiger partial charge >= 0.3 is 6.18 Å². The van der Waals surface area contributed by atoms with Gasteiger partial charge < -0.3 is 4.90 Å². The average molecular weight is 281 g/mol. The van der Waals surface area contributed by atoms with Crippen LogP contribution in [0.5, 0.6) is 0 Å². The lowest BCUT2D eigenvalue weighted by molar-refractivity contribution is -0.137. The van der Waals surface area contributed by atoms with Crippen LogP contribution in [0.2, 0.25) is 0 Å². The van der Waals surface area contributed by atoms with Gasteiger partial charge in [0.1, 0.15) is 0 Å². The van der Waals surface area contributed by atoms with Gasteiger partial charge in [-0.1, -0.05) is 38.1 Å². The van der Waals surface area contributed by atoms with Crippen molar-refractivity contribution in [3.8, 4) is 0 Å². The summed E-state index contributed by atoms with van der Waals surface area (Å²) in [5.74, 6) is 0. The average Bonchev–Trinajstić information content (AvgIpc) is 2.49. The number of para-hydroxylation sites is 1. The van der Waals surface area contributed by atoms with Crippen molar-refractivity contribution in [3.63, 3.8) is 0 Å². The van der Waals surface area contributed by atoms with Gasteiger partial charge in [-0.15, -0.1) is 0 Å². The first kappa shape index (κ1) is 16.1. The van der Waals surface area contributed by atoms with Gasteiger partial charge in [0.05, 0.1) is 5.56 Å². The molecule has 2 aromatic rings. The highest BCUT2D eigenvalue weighted by Crippen LogP contribution is 2.32. The van der Waals surface area contributed by atoms with E-state index in [4.69, 9.17) is 0 Å². The zero-order valence-electron chi connectivity index (χ0n) is 11.8. The minimum Gasteiger partial charge on any atom is -0.345 e. The van der Waals surface area contributed by atoms with E-state index in [1.54, 1.807) is 18.0 Å². The van der Waals surface area contributed by atoms with Crippen molar-refractivity contribution in [1.82, 2.24) is 0 Å². The van der Waals surface area contributed by atoms with E-state index in [1.165, 1.54) is 6.07 Å². The molecular weight excluding hydrogens is 263 g/mol. The highest BCUT2D eigenvalue weighted by Gasteiger charge is 2.30. The van der Waals surface area contributed by atoms with Gasteiger partial charge in [-0.05, 0) is 30.3 Å². The van der Waals surface area contributed by atoms with Gasteiger partial charge in [-0.25, -0.2) is 0 Å². The molecule has 0 bridgehead atoms. The number of anilines is 2. The van der Waals surface area contributed by atoms with Crippen LogP contribution >= 0.6 is 0 Å². The number of rotatable bonds is 2. The Labute approximate surface area is 117 Å². The smallest absolute Gasteiger partial charge is 0.345 e. The van der Waals surface area contributed by atoms with E-state index in [0.29, 0.717) is 5.69 Å². The maximum absolute atomic E-state index is 12.6. The van der Waals surface area contributed by atoms with E-state index in [-0.39, 0.29) is 0 Å². The SMILES string of the molecule is CC.CN(c1ccccc1)c1cccc(C(F)(F)F)c1. The molecule has 0 atom stereocenters. The molecule has 0 fully saturated rings. The molecule has 0 spiro atoms. The Balaban J connectivity index is 0.000000956. The van der Waals surface area contributed by atoms with E-state index in [0.717, 1.165) is 17.8 Å². The van der Waals surface area contributed by atoms with Gasteiger partial charge in [0, 0.05) is 18.4 Å².